The van der Waals surface area contributed by atoms with Gasteiger partial charge in [-0.1, -0.05) is 61.9 Å². The summed E-state index contributed by atoms with van der Waals surface area (Å²) in [6, 6.07) is 10.7. The maximum absolute atomic E-state index is 12.2. The van der Waals surface area contributed by atoms with Gasteiger partial charge in [0.05, 0.1) is 11.8 Å². The van der Waals surface area contributed by atoms with Crippen LogP contribution in [-0.4, -0.2) is 38.4 Å². The molecule has 0 radical (unpaired) electrons. The number of carbonyl (C=O) groups excluding carboxylic acids is 1. The molecule has 3 rings (SSSR count). The average Bonchev–Trinajstić information content (AvgIpc) is 3.32. The lowest BCUT2D eigenvalue weighted by Gasteiger charge is -2.16. The predicted molar refractivity (Wildman–Crippen MR) is 98.5 cm³/mol. The summed E-state index contributed by atoms with van der Waals surface area (Å²) in [7, 11) is 0. The minimum absolute atomic E-state index is 0.0281. The molecule has 1 atom stereocenters. The number of carbonyl (C=O) groups is 1. The van der Waals surface area contributed by atoms with Gasteiger partial charge >= 0.3 is 0 Å². The van der Waals surface area contributed by atoms with E-state index in [1.54, 1.807) is 0 Å². The van der Waals surface area contributed by atoms with E-state index in [1.807, 2.05) is 22.9 Å². The highest BCUT2D eigenvalue weighted by Gasteiger charge is 2.22. The van der Waals surface area contributed by atoms with Gasteiger partial charge < -0.3 is 5.32 Å². The second-order valence-corrected chi connectivity index (χ2v) is 7.40. The van der Waals surface area contributed by atoms with Gasteiger partial charge in [-0.05, 0) is 35.3 Å². The highest BCUT2D eigenvalue weighted by molar-refractivity contribution is 7.99. The number of hydrogen-bond donors (Lipinski definition) is 1. The van der Waals surface area contributed by atoms with E-state index in [1.165, 1.54) is 30.2 Å². The Morgan fingerprint density at radius 3 is 2.80 bits per heavy atom. The number of aromatic nitrogens is 4. The van der Waals surface area contributed by atoms with E-state index >= 15 is 0 Å². The standard InChI is InChI=1S/C18H25N5OS/c1-2-14(15-8-4-3-5-9-15)12-19-17(24)13-25-18-20-21-22-23(18)16-10-6-7-11-16/h3-5,8-9,14,16H,2,6-7,10-13H2,1H3,(H,19,24)/t14-/m0/s1. The van der Waals surface area contributed by atoms with Crippen molar-refractivity contribution in [2.45, 2.75) is 56.1 Å². The Morgan fingerprint density at radius 2 is 2.08 bits per heavy atom. The SMILES string of the molecule is CC[C@@H](CNC(=O)CSc1nnnn1C1CCCC1)c1ccccc1. The largest absolute Gasteiger partial charge is 0.355 e. The fourth-order valence-electron chi connectivity index (χ4n) is 3.30. The summed E-state index contributed by atoms with van der Waals surface area (Å²) in [5, 5.41) is 15.8. The fraction of sp³-hybridized carbons (Fsp3) is 0.556. The first-order valence-corrected chi connectivity index (χ1v) is 9.98. The number of nitrogens with one attached hydrogen (secondary N) is 1. The van der Waals surface area contributed by atoms with Crippen molar-refractivity contribution >= 4 is 17.7 Å². The fourth-order valence-corrected chi connectivity index (χ4v) is 4.07. The van der Waals surface area contributed by atoms with Gasteiger partial charge in [0, 0.05) is 12.5 Å². The number of thioether (sulfide) groups is 1. The molecule has 1 aliphatic rings. The van der Waals surface area contributed by atoms with Crippen molar-refractivity contribution in [1.29, 1.82) is 0 Å². The molecule has 1 amide bonds. The summed E-state index contributed by atoms with van der Waals surface area (Å²) in [5.41, 5.74) is 1.27. The van der Waals surface area contributed by atoms with Crippen LogP contribution in [0.5, 0.6) is 0 Å². The normalized spacial score (nSPS) is 16.0. The Morgan fingerprint density at radius 1 is 1.32 bits per heavy atom. The molecule has 1 aromatic carbocycles. The van der Waals surface area contributed by atoms with Gasteiger partial charge in [-0.2, -0.15) is 0 Å². The van der Waals surface area contributed by atoms with Gasteiger partial charge in [0.25, 0.3) is 0 Å². The van der Waals surface area contributed by atoms with E-state index in [4.69, 9.17) is 0 Å². The van der Waals surface area contributed by atoms with E-state index < -0.39 is 0 Å². The first-order chi connectivity index (χ1) is 12.3. The lowest BCUT2D eigenvalue weighted by Crippen LogP contribution is -2.29. The van der Waals surface area contributed by atoms with Crippen LogP contribution in [0, 0.1) is 0 Å². The number of tetrazole rings is 1. The molecule has 1 heterocycles. The van der Waals surface area contributed by atoms with Crippen LogP contribution in [0.4, 0.5) is 0 Å². The molecular weight excluding hydrogens is 334 g/mol. The zero-order valence-corrected chi connectivity index (χ0v) is 15.4. The zero-order valence-electron chi connectivity index (χ0n) is 14.6. The molecule has 1 N–H and O–H groups in total. The highest BCUT2D eigenvalue weighted by atomic mass is 32.2. The third-order valence-corrected chi connectivity index (χ3v) is 5.71. The van der Waals surface area contributed by atoms with Gasteiger partial charge in [-0.3, -0.25) is 4.79 Å². The quantitative estimate of drug-likeness (QED) is 0.733. The van der Waals surface area contributed by atoms with E-state index in [0.29, 0.717) is 24.3 Å². The molecule has 6 nitrogen and oxygen atoms in total. The number of amides is 1. The van der Waals surface area contributed by atoms with Crippen molar-refractivity contribution in [2.75, 3.05) is 12.3 Å². The van der Waals surface area contributed by atoms with Crippen molar-refractivity contribution < 1.29 is 4.79 Å². The van der Waals surface area contributed by atoms with Crippen LogP contribution in [0.3, 0.4) is 0 Å². The molecule has 2 aromatic rings. The van der Waals surface area contributed by atoms with Gasteiger partial charge in [-0.25, -0.2) is 4.68 Å². The number of rotatable bonds is 8. The zero-order chi connectivity index (χ0) is 17.5. The first-order valence-electron chi connectivity index (χ1n) is 9.00. The summed E-state index contributed by atoms with van der Waals surface area (Å²) < 4.78 is 1.89. The van der Waals surface area contributed by atoms with Gasteiger partial charge in [0.15, 0.2) is 0 Å². The summed E-state index contributed by atoms with van der Waals surface area (Å²) in [5.74, 6) is 0.720. The summed E-state index contributed by atoms with van der Waals surface area (Å²) >= 11 is 1.42. The molecule has 134 valence electrons. The van der Waals surface area contributed by atoms with E-state index in [-0.39, 0.29) is 5.91 Å². The summed E-state index contributed by atoms with van der Waals surface area (Å²) in [6.45, 7) is 2.81. The van der Waals surface area contributed by atoms with E-state index in [0.717, 1.165) is 24.4 Å². The Balaban J connectivity index is 1.48. The topological polar surface area (TPSA) is 72.7 Å². The summed E-state index contributed by atoms with van der Waals surface area (Å²) in [6.07, 6.45) is 5.71. The lowest BCUT2D eigenvalue weighted by atomic mass is 9.96. The maximum Gasteiger partial charge on any atom is 0.230 e. The Labute approximate surface area is 152 Å². The van der Waals surface area contributed by atoms with Crippen LogP contribution >= 0.6 is 11.8 Å². The Hall–Kier alpha value is -1.89. The smallest absolute Gasteiger partial charge is 0.230 e. The molecule has 0 bridgehead atoms. The molecule has 25 heavy (non-hydrogen) atoms. The first kappa shape index (κ1) is 17.9. The molecular formula is C18H25N5OS. The number of benzene rings is 1. The monoisotopic (exact) mass is 359 g/mol. The van der Waals surface area contributed by atoms with E-state index in [2.05, 4.69) is 39.9 Å². The molecule has 0 saturated heterocycles. The molecule has 0 spiro atoms. The Kier molecular flexibility index (Phi) is 6.44. The lowest BCUT2D eigenvalue weighted by molar-refractivity contribution is -0.118. The van der Waals surface area contributed by atoms with E-state index in [9.17, 15) is 4.79 Å². The maximum atomic E-state index is 12.2. The van der Waals surface area contributed by atoms with Crippen LogP contribution in [0.2, 0.25) is 0 Å². The molecule has 1 fully saturated rings. The van der Waals surface area contributed by atoms with Crippen LogP contribution in [0.25, 0.3) is 0 Å². The van der Waals surface area contributed by atoms with Crippen LogP contribution < -0.4 is 5.32 Å². The summed E-state index contributed by atoms with van der Waals surface area (Å²) in [4.78, 5) is 12.2. The van der Waals surface area contributed by atoms with Gasteiger partial charge in [0.2, 0.25) is 11.1 Å². The predicted octanol–water partition coefficient (Wildman–Crippen LogP) is 3.19. The van der Waals surface area contributed by atoms with Gasteiger partial charge in [-0.15, -0.1) is 5.10 Å². The molecule has 0 aliphatic heterocycles. The minimum atomic E-state index is 0.0281. The minimum Gasteiger partial charge on any atom is -0.355 e. The second-order valence-electron chi connectivity index (χ2n) is 6.45. The highest BCUT2D eigenvalue weighted by Crippen LogP contribution is 2.31. The van der Waals surface area contributed by atoms with Crippen molar-refractivity contribution in [2.24, 2.45) is 0 Å². The number of hydrogen-bond acceptors (Lipinski definition) is 5. The van der Waals surface area contributed by atoms with Crippen LogP contribution in [0.1, 0.15) is 56.6 Å². The van der Waals surface area contributed by atoms with Crippen molar-refractivity contribution in [1.82, 2.24) is 25.5 Å². The van der Waals surface area contributed by atoms with Crippen molar-refractivity contribution in [3.8, 4) is 0 Å². The third kappa shape index (κ3) is 4.81. The second kappa shape index (κ2) is 8.99. The molecule has 7 heteroatoms. The molecule has 0 unspecified atom stereocenters. The third-order valence-electron chi connectivity index (χ3n) is 4.77. The Bertz CT molecular complexity index is 669. The molecule has 1 aliphatic carbocycles. The average molecular weight is 359 g/mol. The molecule has 1 saturated carbocycles. The van der Waals surface area contributed by atoms with Crippen molar-refractivity contribution in [3.63, 3.8) is 0 Å². The molecule has 1 aromatic heterocycles. The van der Waals surface area contributed by atoms with Crippen molar-refractivity contribution in [3.05, 3.63) is 35.9 Å². The van der Waals surface area contributed by atoms with Gasteiger partial charge in [0.1, 0.15) is 0 Å². The van der Waals surface area contributed by atoms with Crippen LogP contribution in [0.15, 0.2) is 35.5 Å². The van der Waals surface area contributed by atoms with Crippen LogP contribution in [-0.2, 0) is 4.79 Å². The number of nitrogens with zero attached hydrogens (tertiary/aromatic N) is 4.